The Morgan fingerprint density at radius 2 is 1.93 bits per heavy atom. The molecule has 76 valence electrons. The molecule has 0 spiro atoms. The molecular formula is C9H13N3S2. The third-order valence-corrected chi connectivity index (χ3v) is 3.55. The molecule has 0 unspecified atom stereocenters. The average molecular weight is 227 g/mol. The van der Waals surface area contributed by atoms with Crippen molar-refractivity contribution in [3.8, 4) is 0 Å². The zero-order chi connectivity index (χ0) is 10.2. The standard InChI is InChI=1S/C9H13N3S2/c10-9(12-11)14-7-6-13-8-4-2-1-3-5-8/h1-5H,6-7,11H2,(H2,10,12). The van der Waals surface area contributed by atoms with Crippen LogP contribution >= 0.6 is 23.5 Å². The normalized spacial score (nSPS) is 11.6. The number of nitrogens with two attached hydrogens (primary N) is 2. The minimum absolute atomic E-state index is 0.443. The van der Waals surface area contributed by atoms with Crippen LogP contribution in [0.15, 0.2) is 40.3 Å². The van der Waals surface area contributed by atoms with Gasteiger partial charge in [-0.1, -0.05) is 30.0 Å². The first kappa shape index (κ1) is 11.3. The Labute approximate surface area is 92.3 Å². The maximum Gasteiger partial charge on any atom is 0.177 e. The van der Waals surface area contributed by atoms with Gasteiger partial charge >= 0.3 is 0 Å². The van der Waals surface area contributed by atoms with Gasteiger partial charge in [-0.3, -0.25) is 0 Å². The van der Waals surface area contributed by atoms with E-state index in [9.17, 15) is 0 Å². The summed E-state index contributed by atoms with van der Waals surface area (Å²) in [5.74, 6) is 6.93. The highest BCUT2D eigenvalue weighted by Crippen LogP contribution is 2.18. The SMILES string of the molecule is NN=C(N)SCCSc1ccccc1. The second-order valence-electron chi connectivity index (χ2n) is 2.48. The third kappa shape index (κ3) is 4.43. The molecule has 0 amide bonds. The molecule has 5 heteroatoms. The second-order valence-corrected chi connectivity index (χ2v) is 4.76. The number of rotatable bonds is 4. The largest absolute Gasteiger partial charge is 0.377 e. The first-order valence-corrected chi connectivity index (χ1v) is 6.14. The van der Waals surface area contributed by atoms with E-state index in [1.165, 1.54) is 16.7 Å². The third-order valence-electron chi connectivity index (χ3n) is 1.47. The van der Waals surface area contributed by atoms with Crippen molar-refractivity contribution in [2.24, 2.45) is 16.7 Å². The Morgan fingerprint density at radius 1 is 1.21 bits per heavy atom. The van der Waals surface area contributed by atoms with Crippen molar-refractivity contribution in [1.29, 1.82) is 0 Å². The molecular weight excluding hydrogens is 214 g/mol. The van der Waals surface area contributed by atoms with Gasteiger partial charge in [0.25, 0.3) is 0 Å². The van der Waals surface area contributed by atoms with Gasteiger partial charge in [-0.15, -0.1) is 11.8 Å². The van der Waals surface area contributed by atoms with Gasteiger partial charge < -0.3 is 11.6 Å². The van der Waals surface area contributed by atoms with Crippen LogP contribution in [0.25, 0.3) is 0 Å². The quantitative estimate of drug-likeness (QED) is 0.205. The van der Waals surface area contributed by atoms with Gasteiger partial charge in [0, 0.05) is 16.4 Å². The van der Waals surface area contributed by atoms with Crippen molar-refractivity contribution in [3.05, 3.63) is 30.3 Å². The Balaban J connectivity index is 2.17. The lowest BCUT2D eigenvalue weighted by Gasteiger charge is -2.00. The molecule has 1 rings (SSSR count). The highest BCUT2D eigenvalue weighted by atomic mass is 32.2. The zero-order valence-electron chi connectivity index (χ0n) is 7.72. The van der Waals surface area contributed by atoms with Crippen LogP contribution < -0.4 is 11.6 Å². The summed E-state index contributed by atoms with van der Waals surface area (Å²) >= 11 is 3.28. The molecule has 0 bridgehead atoms. The summed E-state index contributed by atoms with van der Waals surface area (Å²) in [6.07, 6.45) is 0. The summed E-state index contributed by atoms with van der Waals surface area (Å²) in [7, 11) is 0. The molecule has 0 aliphatic heterocycles. The van der Waals surface area contributed by atoms with Gasteiger partial charge in [0.05, 0.1) is 0 Å². The predicted molar refractivity (Wildman–Crippen MR) is 65.4 cm³/mol. The van der Waals surface area contributed by atoms with E-state index in [1.54, 1.807) is 11.8 Å². The minimum atomic E-state index is 0.443. The lowest BCUT2D eigenvalue weighted by Crippen LogP contribution is -2.10. The molecule has 3 nitrogen and oxygen atoms in total. The lowest BCUT2D eigenvalue weighted by molar-refractivity contribution is 1.25. The molecule has 1 aromatic carbocycles. The maximum absolute atomic E-state index is 5.43. The van der Waals surface area contributed by atoms with E-state index in [4.69, 9.17) is 11.6 Å². The number of hydrogen-bond donors (Lipinski definition) is 2. The molecule has 0 aliphatic carbocycles. The molecule has 0 heterocycles. The molecule has 0 aromatic heterocycles. The van der Waals surface area contributed by atoms with Crippen LogP contribution in [-0.4, -0.2) is 16.7 Å². The summed E-state index contributed by atoms with van der Waals surface area (Å²) in [6.45, 7) is 0. The van der Waals surface area contributed by atoms with Crippen molar-refractivity contribution >= 4 is 28.7 Å². The second kappa shape index (κ2) is 6.62. The molecule has 14 heavy (non-hydrogen) atoms. The van der Waals surface area contributed by atoms with Crippen LogP contribution in [0.4, 0.5) is 0 Å². The monoisotopic (exact) mass is 227 g/mol. The number of hydrazone groups is 1. The van der Waals surface area contributed by atoms with E-state index >= 15 is 0 Å². The van der Waals surface area contributed by atoms with Crippen molar-refractivity contribution in [1.82, 2.24) is 0 Å². The summed E-state index contributed by atoms with van der Waals surface area (Å²) in [4.78, 5) is 1.27. The fraction of sp³-hybridized carbons (Fsp3) is 0.222. The first-order chi connectivity index (χ1) is 6.83. The maximum atomic E-state index is 5.43. The van der Waals surface area contributed by atoms with Gasteiger partial charge in [-0.2, -0.15) is 5.10 Å². The van der Waals surface area contributed by atoms with Crippen LogP contribution in [0.5, 0.6) is 0 Å². The zero-order valence-corrected chi connectivity index (χ0v) is 9.35. The molecule has 0 fully saturated rings. The van der Waals surface area contributed by atoms with E-state index < -0.39 is 0 Å². The Morgan fingerprint density at radius 3 is 2.57 bits per heavy atom. The van der Waals surface area contributed by atoms with Crippen LogP contribution in [0.1, 0.15) is 0 Å². The molecule has 4 N–H and O–H groups in total. The molecule has 0 saturated carbocycles. The van der Waals surface area contributed by atoms with Crippen molar-refractivity contribution in [2.45, 2.75) is 4.90 Å². The topological polar surface area (TPSA) is 64.4 Å². The number of nitrogens with zero attached hydrogens (tertiary/aromatic N) is 1. The molecule has 0 atom stereocenters. The minimum Gasteiger partial charge on any atom is -0.377 e. The van der Waals surface area contributed by atoms with E-state index in [1.807, 2.05) is 18.2 Å². The Hall–Kier alpha value is -0.810. The molecule has 0 saturated heterocycles. The number of benzene rings is 1. The van der Waals surface area contributed by atoms with Crippen LogP contribution in [-0.2, 0) is 0 Å². The number of amidine groups is 1. The van der Waals surface area contributed by atoms with E-state index in [0.29, 0.717) is 5.17 Å². The Bertz CT molecular complexity index is 287. The van der Waals surface area contributed by atoms with Crippen molar-refractivity contribution in [3.63, 3.8) is 0 Å². The number of hydrogen-bond acceptors (Lipinski definition) is 4. The smallest absolute Gasteiger partial charge is 0.177 e. The van der Waals surface area contributed by atoms with Gasteiger partial charge in [0.2, 0.25) is 0 Å². The van der Waals surface area contributed by atoms with E-state index in [2.05, 4.69) is 17.2 Å². The van der Waals surface area contributed by atoms with Gasteiger partial charge in [0.15, 0.2) is 5.17 Å². The summed E-state index contributed by atoms with van der Waals surface area (Å²) in [5, 5.41) is 3.82. The summed E-state index contributed by atoms with van der Waals surface area (Å²) < 4.78 is 0. The highest BCUT2D eigenvalue weighted by molar-refractivity contribution is 8.14. The predicted octanol–water partition coefficient (Wildman–Crippen LogP) is 1.70. The van der Waals surface area contributed by atoms with Crippen LogP contribution in [0, 0.1) is 0 Å². The average Bonchev–Trinajstić information content (AvgIpc) is 2.25. The van der Waals surface area contributed by atoms with E-state index in [-0.39, 0.29) is 0 Å². The summed E-state index contributed by atoms with van der Waals surface area (Å²) in [5.41, 5.74) is 5.43. The van der Waals surface area contributed by atoms with Gasteiger partial charge in [0.1, 0.15) is 0 Å². The highest BCUT2D eigenvalue weighted by Gasteiger charge is 1.95. The first-order valence-electron chi connectivity index (χ1n) is 4.17. The fourth-order valence-electron chi connectivity index (χ4n) is 0.860. The molecule has 0 radical (unpaired) electrons. The summed E-state index contributed by atoms with van der Waals surface area (Å²) in [6, 6.07) is 10.3. The fourth-order valence-corrected chi connectivity index (χ4v) is 2.40. The van der Waals surface area contributed by atoms with Crippen LogP contribution in [0.3, 0.4) is 0 Å². The van der Waals surface area contributed by atoms with Crippen molar-refractivity contribution in [2.75, 3.05) is 11.5 Å². The Kier molecular flexibility index (Phi) is 5.32. The number of thioether (sulfide) groups is 2. The van der Waals surface area contributed by atoms with Crippen molar-refractivity contribution < 1.29 is 0 Å². The lowest BCUT2D eigenvalue weighted by atomic mass is 10.4. The molecule has 1 aromatic rings. The van der Waals surface area contributed by atoms with Gasteiger partial charge in [-0.05, 0) is 12.1 Å². The molecule has 0 aliphatic rings. The van der Waals surface area contributed by atoms with Gasteiger partial charge in [-0.25, -0.2) is 0 Å². The van der Waals surface area contributed by atoms with Crippen LogP contribution in [0.2, 0.25) is 0 Å². The van der Waals surface area contributed by atoms with E-state index in [0.717, 1.165) is 11.5 Å².